The van der Waals surface area contributed by atoms with Gasteiger partial charge in [-0.3, -0.25) is 4.79 Å². The van der Waals surface area contributed by atoms with Crippen LogP contribution in [0.5, 0.6) is 0 Å². The topological polar surface area (TPSA) is 119 Å². The van der Waals surface area contributed by atoms with E-state index >= 15 is 0 Å². The molecule has 0 aromatic carbocycles. The molecule has 2 rings (SSSR count). The Morgan fingerprint density at radius 3 is 2.73 bits per heavy atom. The monoisotopic (exact) mass is 420 g/mol. The van der Waals surface area contributed by atoms with Crippen LogP contribution >= 0.6 is 0 Å². The van der Waals surface area contributed by atoms with Crippen molar-refractivity contribution in [2.45, 2.75) is 45.3 Å². The van der Waals surface area contributed by atoms with Crippen LogP contribution in [0.2, 0.25) is 0 Å². The van der Waals surface area contributed by atoms with Crippen LogP contribution in [0.1, 0.15) is 33.1 Å². The first-order valence-electron chi connectivity index (χ1n) is 9.76. The molecule has 0 bridgehead atoms. The zero-order valence-corrected chi connectivity index (χ0v) is 17.3. The molecule has 30 heavy (non-hydrogen) atoms. The maximum absolute atomic E-state index is 12.7. The summed E-state index contributed by atoms with van der Waals surface area (Å²) in [4.78, 5) is 35.7. The molecule has 1 saturated heterocycles. The highest BCUT2D eigenvalue weighted by molar-refractivity contribution is 5.92. The summed E-state index contributed by atoms with van der Waals surface area (Å²) < 4.78 is 15.9. The van der Waals surface area contributed by atoms with Gasteiger partial charge < -0.3 is 24.4 Å². The molecule has 0 aromatic heterocycles. The van der Waals surface area contributed by atoms with Crippen molar-refractivity contribution < 1.29 is 38.8 Å². The standard InChI is InChI=1S/C22H28O8/c1-13-5-4-6-16(11-23)10-19-20(14(2)21(26)29-19)18(9-13)30-22(27)17(12-24)7-8-28-15(3)25/h5,7,10,18-20,23-24H,2,4,6,8-9,11-12H2,1,3H3/b13-5+,16-10-,17-7-/t18-,19+,20-/m1/s1. The van der Waals surface area contributed by atoms with Gasteiger partial charge in [0.25, 0.3) is 0 Å². The van der Waals surface area contributed by atoms with E-state index in [0.29, 0.717) is 19.3 Å². The Labute approximate surface area is 175 Å². The molecule has 0 aromatic rings. The van der Waals surface area contributed by atoms with Crippen LogP contribution in [-0.4, -0.2) is 60.1 Å². The number of fused-ring (bicyclic) bond motifs is 1. The van der Waals surface area contributed by atoms with Crippen LogP contribution < -0.4 is 0 Å². The Morgan fingerprint density at radius 2 is 2.10 bits per heavy atom. The smallest absolute Gasteiger partial charge is 0.336 e. The van der Waals surface area contributed by atoms with Gasteiger partial charge in [0, 0.05) is 18.9 Å². The number of carbonyl (C=O) groups is 3. The van der Waals surface area contributed by atoms with Gasteiger partial charge in [0.15, 0.2) is 0 Å². The Balaban J connectivity index is 2.31. The molecule has 1 fully saturated rings. The maximum atomic E-state index is 12.7. The summed E-state index contributed by atoms with van der Waals surface area (Å²) >= 11 is 0. The summed E-state index contributed by atoms with van der Waals surface area (Å²) in [5.41, 5.74) is 1.80. The van der Waals surface area contributed by atoms with E-state index in [1.54, 1.807) is 6.08 Å². The quantitative estimate of drug-likeness (QED) is 0.287. The van der Waals surface area contributed by atoms with Crippen molar-refractivity contribution in [1.82, 2.24) is 0 Å². The summed E-state index contributed by atoms with van der Waals surface area (Å²) in [7, 11) is 0. The first-order valence-corrected chi connectivity index (χ1v) is 9.76. The minimum Gasteiger partial charge on any atom is -0.462 e. The molecule has 2 aliphatic rings. The zero-order chi connectivity index (χ0) is 22.3. The summed E-state index contributed by atoms with van der Waals surface area (Å²) in [6.45, 7) is 6.00. The number of aliphatic hydroxyl groups excluding tert-OH is 2. The van der Waals surface area contributed by atoms with E-state index < -0.39 is 42.6 Å². The predicted octanol–water partition coefficient (Wildman–Crippen LogP) is 1.53. The first-order chi connectivity index (χ1) is 14.3. The fraction of sp³-hybridized carbons (Fsp3) is 0.500. The number of ether oxygens (including phenoxy) is 3. The lowest BCUT2D eigenvalue weighted by molar-refractivity contribution is -0.148. The fourth-order valence-corrected chi connectivity index (χ4v) is 3.46. The van der Waals surface area contributed by atoms with Crippen LogP contribution in [0.25, 0.3) is 0 Å². The molecule has 0 radical (unpaired) electrons. The summed E-state index contributed by atoms with van der Waals surface area (Å²) in [5.74, 6) is -2.50. The van der Waals surface area contributed by atoms with E-state index in [1.165, 1.54) is 13.0 Å². The molecule has 8 heteroatoms. The molecule has 0 saturated carbocycles. The summed E-state index contributed by atoms with van der Waals surface area (Å²) in [6.07, 6.45) is 5.16. The minimum atomic E-state index is -0.781. The van der Waals surface area contributed by atoms with Crippen LogP contribution in [0.3, 0.4) is 0 Å². The molecule has 3 atom stereocenters. The van der Waals surface area contributed by atoms with E-state index in [0.717, 1.165) is 11.1 Å². The number of rotatable bonds is 6. The van der Waals surface area contributed by atoms with E-state index in [9.17, 15) is 24.6 Å². The average Bonchev–Trinajstić information content (AvgIpc) is 2.96. The molecular weight excluding hydrogens is 392 g/mol. The van der Waals surface area contributed by atoms with E-state index in [-0.39, 0.29) is 24.4 Å². The van der Waals surface area contributed by atoms with Crippen molar-refractivity contribution >= 4 is 17.9 Å². The van der Waals surface area contributed by atoms with Crippen LogP contribution in [-0.2, 0) is 28.6 Å². The Bertz CT molecular complexity index is 789. The Morgan fingerprint density at radius 1 is 1.37 bits per heavy atom. The number of allylic oxidation sites excluding steroid dienone is 1. The molecule has 164 valence electrons. The minimum absolute atomic E-state index is 0.0611. The van der Waals surface area contributed by atoms with Gasteiger partial charge in [0.1, 0.15) is 18.8 Å². The van der Waals surface area contributed by atoms with Gasteiger partial charge in [-0.25, -0.2) is 9.59 Å². The summed E-state index contributed by atoms with van der Waals surface area (Å²) in [6, 6.07) is 0. The van der Waals surface area contributed by atoms with Crippen molar-refractivity contribution in [2.24, 2.45) is 5.92 Å². The van der Waals surface area contributed by atoms with Gasteiger partial charge in [-0.1, -0.05) is 18.2 Å². The van der Waals surface area contributed by atoms with Gasteiger partial charge in [0.05, 0.1) is 24.7 Å². The third kappa shape index (κ3) is 6.14. The fourth-order valence-electron chi connectivity index (χ4n) is 3.46. The second-order valence-electron chi connectivity index (χ2n) is 7.33. The highest BCUT2D eigenvalue weighted by Crippen LogP contribution is 2.36. The van der Waals surface area contributed by atoms with E-state index in [1.807, 2.05) is 13.0 Å². The number of hydrogen-bond acceptors (Lipinski definition) is 8. The third-order valence-corrected chi connectivity index (χ3v) is 5.05. The second kappa shape index (κ2) is 10.9. The van der Waals surface area contributed by atoms with Gasteiger partial charge >= 0.3 is 17.9 Å². The van der Waals surface area contributed by atoms with Gasteiger partial charge in [0.2, 0.25) is 0 Å². The van der Waals surface area contributed by atoms with Gasteiger partial charge in [-0.05, 0) is 37.5 Å². The third-order valence-electron chi connectivity index (χ3n) is 5.05. The average molecular weight is 420 g/mol. The molecule has 1 aliphatic carbocycles. The number of esters is 3. The van der Waals surface area contributed by atoms with Crippen molar-refractivity contribution in [3.05, 3.63) is 47.1 Å². The lowest BCUT2D eigenvalue weighted by Gasteiger charge is -2.27. The van der Waals surface area contributed by atoms with Crippen molar-refractivity contribution in [2.75, 3.05) is 19.8 Å². The maximum Gasteiger partial charge on any atom is 0.336 e. The normalized spacial score (nSPS) is 28.4. The molecule has 2 N–H and O–H groups in total. The Kier molecular flexibility index (Phi) is 8.56. The van der Waals surface area contributed by atoms with Crippen molar-refractivity contribution in [3.63, 3.8) is 0 Å². The molecule has 0 unspecified atom stereocenters. The number of carbonyl (C=O) groups excluding carboxylic acids is 3. The van der Waals surface area contributed by atoms with Gasteiger partial charge in [-0.2, -0.15) is 0 Å². The molecule has 0 amide bonds. The molecule has 0 spiro atoms. The lowest BCUT2D eigenvalue weighted by atomic mass is 9.85. The second-order valence-corrected chi connectivity index (χ2v) is 7.33. The SMILES string of the molecule is C=C1C(=O)O[C@H]2/C=C(\CO)CC/C=C(\C)C[C@@H](OC(=O)/C(=C\COC(C)=O)CO)[C@@H]12. The van der Waals surface area contributed by atoms with Crippen LogP contribution in [0.4, 0.5) is 0 Å². The zero-order valence-electron chi connectivity index (χ0n) is 17.3. The van der Waals surface area contributed by atoms with Gasteiger partial charge in [-0.15, -0.1) is 0 Å². The van der Waals surface area contributed by atoms with Crippen LogP contribution in [0.15, 0.2) is 47.1 Å². The first kappa shape index (κ1) is 23.6. The molecule has 1 aliphatic heterocycles. The molecular formula is C22H28O8. The largest absolute Gasteiger partial charge is 0.462 e. The number of hydrogen-bond donors (Lipinski definition) is 2. The van der Waals surface area contributed by atoms with Crippen LogP contribution in [0, 0.1) is 5.92 Å². The van der Waals surface area contributed by atoms with E-state index in [2.05, 4.69) is 6.58 Å². The van der Waals surface area contributed by atoms with Crippen molar-refractivity contribution in [1.29, 1.82) is 0 Å². The summed E-state index contributed by atoms with van der Waals surface area (Å²) in [5, 5.41) is 19.1. The van der Waals surface area contributed by atoms with Crippen molar-refractivity contribution in [3.8, 4) is 0 Å². The molecule has 1 heterocycles. The molecule has 8 nitrogen and oxygen atoms in total. The number of aliphatic hydroxyl groups is 2. The van der Waals surface area contributed by atoms with E-state index in [4.69, 9.17) is 14.2 Å². The predicted molar refractivity (Wildman–Crippen MR) is 107 cm³/mol. The lowest BCUT2D eigenvalue weighted by Crippen LogP contribution is -2.34. The Hall–Kier alpha value is -2.71. The highest BCUT2D eigenvalue weighted by Gasteiger charge is 2.44. The highest BCUT2D eigenvalue weighted by atomic mass is 16.6.